The van der Waals surface area contributed by atoms with Crippen molar-refractivity contribution in [2.24, 2.45) is 5.92 Å². The summed E-state index contributed by atoms with van der Waals surface area (Å²) in [6.45, 7) is 9.91. The van der Waals surface area contributed by atoms with Crippen molar-refractivity contribution < 1.29 is 17.9 Å². The van der Waals surface area contributed by atoms with E-state index in [2.05, 4.69) is 4.72 Å². The van der Waals surface area contributed by atoms with Crippen LogP contribution in [0.3, 0.4) is 0 Å². The molecule has 1 saturated heterocycles. The molecule has 0 unspecified atom stereocenters. The molecule has 0 bridgehead atoms. The quantitative estimate of drug-likeness (QED) is 0.782. The van der Waals surface area contributed by atoms with Gasteiger partial charge in [0.25, 0.3) is 10.2 Å². The van der Waals surface area contributed by atoms with Gasteiger partial charge in [-0.25, -0.2) is 0 Å². The molecule has 6 nitrogen and oxygen atoms in total. The van der Waals surface area contributed by atoms with Crippen LogP contribution >= 0.6 is 0 Å². The first-order valence-corrected chi connectivity index (χ1v) is 8.97. The smallest absolute Gasteiger partial charge is 0.325 e. The summed E-state index contributed by atoms with van der Waals surface area (Å²) in [4.78, 5) is 12.2. The second kappa shape index (κ2) is 7.07. The molecule has 124 valence electrons. The topological polar surface area (TPSA) is 75.7 Å². The highest BCUT2D eigenvalue weighted by Crippen LogP contribution is 2.16. The van der Waals surface area contributed by atoms with Gasteiger partial charge in [0, 0.05) is 13.1 Å². The average molecular weight is 320 g/mol. The van der Waals surface area contributed by atoms with Gasteiger partial charge in [-0.2, -0.15) is 17.4 Å². The summed E-state index contributed by atoms with van der Waals surface area (Å²) in [5.74, 6) is -0.711. The van der Waals surface area contributed by atoms with Gasteiger partial charge in [-0.3, -0.25) is 4.79 Å². The zero-order valence-corrected chi connectivity index (χ0v) is 14.5. The van der Waals surface area contributed by atoms with Crippen LogP contribution in [0.5, 0.6) is 0 Å². The number of hydrogen-bond acceptors (Lipinski definition) is 4. The van der Waals surface area contributed by atoms with Gasteiger partial charge >= 0.3 is 5.97 Å². The van der Waals surface area contributed by atoms with E-state index in [0.717, 1.165) is 19.3 Å². The highest BCUT2D eigenvalue weighted by molar-refractivity contribution is 7.87. The van der Waals surface area contributed by atoms with Crippen LogP contribution in [0.2, 0.25) is 0 Å². The Morgan fingerprint density at radius 2 is 1.67 bits per heavy atom. The highest BCUT2D eigenvalue weighted by atomic mass is 32.2. The molecule has 1 fully saturated rings. The van der Waals surface area contributed by atoms with Crippen molar-refractivity contribution in [3.63, 3.8) is 0 Å². The second-order valence-corrected chi connectivity index (χ2v) is 8.54. The number of rotatable bonds is 5. The van der Waals surface area contributed by atoms with Gasteiger partial charge in [0.2, 0.25) is 0 Å². The van der Waals surface area contributed by atoms with E-state index < -0.39 is 27.8 Å². The predicted octanol–water partition coefficient (Wildman–Crippen LogP) is 1.67. The lowest BCUT2D eigenvalue weighted by Gasteiger charge is -2.30. The first-order valence-electron chi connectivity index (χ1n) is 7.53. The Balaban J connectivity index is 2.80. The van der Waals surface area contributed by atoms with Gasteiger partial charge in [-0.05, 0) is 39.5 Å². The molecular formula is C14H28N2O4S. The molecule has 0 aromatic carbocycles. The summed E-state index contributed by atoms with van der Waals surface area (Å²) in [6.07, 6.45) is 2.77. The van der Waals surface area contributed by atoms with E-state index in [-0.39, 0.29) is 5.92 Å². The van der Waals surface area contributed by atoms with Crippen molar-refractivity contribution in [3.05, 3.63) is 0 Å². The van der Waals surface area contributed by atoms with E-state index in [1.807, 2.05) is 0 Å². The van der Waals surface area contributed by atoms with Crippen LogP contribution in [0.1, 0.15) is 53.9 Å². The SMILES string of the molecule is CC(C)[C@H](NS(=O)(=O)N1CCCCC1)C(=O)OC(C)(C)C. The lowest BCUT2D eigenvalue weighted by atomic mass is 10.1. The third-order valence-corrected chi connectivity index (χ3v) is 4.86. The van der Waals surface area contributed by atoms with Gasteiger partial charge in [-0.1, -0.05) is 20.3 Å². The molecule has 0 aromatic heterocycles. The molecule has 21 heavy (non-hydrogen) atoms. The van der Waals surface area contributed by atoms with E-state index in [9.17, 15) is 13.2 Å². The summed E-state index contributed by atoms with van der Waals surface area (Å²) >= 11 is 0. The fraction of sp³-hybridized carbons (Fsp3) is 0.929. The number of carbonyl (C=O) groups excluding carboxylic acids is 1. The summed E-state index contributed by atoms with van der Waals surface area (Å²) < 4.78 is 34.0. The van der Waals surface area contributed by atoms with Crippen molar-refractivity contribution in [1.29, 1.82) is 0 Å². The minimum absolute atomic E-state index is 0.181. The molecule has 1 atom stereocenters. The van der Waals surface area contributed by atoms with Crippen LogP contribution in [-0.2, 0) is 19.7 Å². The molecule has 1 rings (SSSR count). The predicted molar refractivity (Wildman–Crippen MR) is 82.0 cm³/mol. The highest BCUT2D eigenvalue weighted by Gasteiger charge is 2.34. The second-order valence-electron chi connectivity index (χ2n) is 6.84. The van der Waals surface area contributed by atoms with Crippen molar-refractivity contribution in [1.82, 2.24) is 9.03 Å². The summed E-state index contributed by atoms with van der Waals surface area (Å²) in [5, 5.41) is 0. The number of carbonyl (C=O) groups is 1. The number of hydrogen-bond donors (Lipinski definition) is 1. The van der Waals surface area contributed by atoms with Crippen LogP contribution in [0.4, 0.5) is 0 Å². The molecule has 7 heteroatoms. The van der Waals surface area contributed by atoms with Gasteiger partial charge in [0.05, 0.1) is 0 Å². The lowest BCUT2D eigenvalue weighted by molar-refractivity contribution is -0.158. The summed E-state index contributed by atoms with van der Waals surface area (Å²) in [5.41, 5.74) is -0.638. The molecule has 1 heterocycles. The lowest BCUT2D eigenvalue weighted by Crippen LogP contribution is -2.52. The van der Waals surface area contributed by atoms with E-state index in [1.165, 1.54) is 4.31 Å². The Labute approximate surface area is 128 Å². The van der Waals surface area contributed by atoms with E-state index >= 15 is 0 Å². The fourth-order valence-corrected chi connectivity index (χ4v) is 3.74. The Bertz CT molecular complexity index is 448. The molecule has 0 radical (unpaired) electrons. The Kier molecular flexibility index (Phi) is 6.19. The van der Waals surface area contributed by atoms with E-state index in [0.29, 0.717) is 13.1 Å². The molecular weight excluding hydrogens is 292 g/mol. The number of esters is 1. The fourth-order valence-electron chi connectivity index (χ4n) is 2.16. The minimum Gasteiger partial charge on any atom is -0.459 e. The molecule has 1 aliphatic heterocycles. The van der Waals surface area contributed by atoms with Gasteiger partial charge < -0.3 is 4.74 Å². The molecule has 0 aliphatic carbocycles. The van der Waals surface area contributed by atoms with E-state index in [1.54, 1.807) is 34.6 Å². The monoisotopic (exact) mass is 320 g/mol. The molecule has 1 aliphatic rings. The number of nitrogens with one attached hydrogen (secondary N) is 1. The summed E-state index contributed by atoms with van der Waals surface area (Å²) in [7, 11) is -3.65. The van der Waals surface area contributed by atoms with Gasteiger partial charge in [-0.15, -0.1) is 0 Å². The standard InChI is InChI=1S/C14H28N2O4S/c1-11(2)12(13(17)20-14(3,4)5)15-21(18,19)16-9-7-6-8-10-16/h11-12,15H,6-10H2,1-5H3/t12-/m0/s1. The third kappa shape index (κ3) is 5.92. The number of ether oxygens (including phenoxy) is 1. The number of piperidine rings is 1. The zero-order valence-electron chi connectivity index (χ0n) is 13.7. The van der Waals surface area contributed by atoms with Crippen molar-refractivity contribution in [2.75, 3.05) is 13.1 Å². The van der Waals surface area contributed by atoms with E-state index in [4.69, 9.17) is 4.74 Å². The molecule has 0 saturated carbocycles. The maximum atomic E-state index is 12.4. The van der Waals surface area contributed by atoms with Gasteiger partial charge in [0.1, 0.15) is 11.6 Å². The molecule has 1 N–H and O–H groups in total. The Morgan fingerprint density at radius 1 is 1.14 bits per heavy atom. The van der Waals surface area contributed by atoms with Crippen LogP contribution < -0.4 is 4.72 Å². The van der Waals surface area contributed by atoms with Crippen molar-refractivity contribution in [3.8, 4) is 0 Å². The largest absolute Gasteiger partial charge is 0.459 e. The molecule has 0 amide bonds. The first-order chi connectivity index (χ1) is 9.53. The van der Waals surface area contributed by atoms with Crippen molar-refractivity contribution in [2.45, 2.75) is 65.5 Å². The number of nitrogens with zero attached hydrogens (tertiary/aromatic N) is 1. The molecule has 0 spiro atoms. The van der Waals surface area contributed by atoms with Crippen LogP contribution in [0.15, 0.2) is 0 Å². The zero-order chi connectivity index (χ0) is 16.3. The van der Waals surface area contributed by atoms with Gasteiger partial charge in [0.15, 0.2) is 0 Å². The molecule has 0 aromatic rings. The Morgan fingerprint density at radius 3 is 2.10 bits per heavy atom. The van der Waals surface area contributed by atoms with Crippen LogP contribution in [-0.4, -0.2) is 43.4 Å². The normalized spacial score (nSPS) is 19.5. The van der Waals surface area contributed by atoms with Crippen LogP contribution in [0, 0.1) is 5.92 Å². The maximum Gasteiger partial charge on any atom is 0.325 e. The van der Waals surface area contributed by atoms with Crippen molar-refractivity contribution >= 4 is 16.2 Å². The third-order valence-electron chi connectivity index (χ3n) is 3.26. The minimum atomic E-state index is -3.65. The average Bonchev–Trinajstić information content (AvgIpc) is 2.34. The maximum absolute atomic E-state index is 12.4. The van der Waals surface area contributed by atoms with Crippen LogP contribution in [0.25, 0.3) is 0 Å². The first kappa shape index (κ1) is 18.4. The summed E-state index contributed by atoms with van der Waals surface area (Å²) in [6, 6.07) is -0.865. The Hall–Kier alpha value is -0.660.